The zero-order valence-electron chi connectivity index (χ0n) is 20.0. The molecule has 2 heterocycles. The molecule has 0 saturated heterocycles. The summed E-state index contributed by atoms with van der Waals surface area (Å²) < 4.78 is 1.98. The molecule has 1 aliphatic rings. The summed E-state index contributed by atoms with van der Waals surface area (Å²) in [7, 11) is 0. The van der Waals surface area contributed by atoms with Crippen molar-refractivity contribution in [3.8, 4) is 11.8 Å². The van der Waals surface area contributed by atoms with Crippen LogP contribution in [0, 0.1) is 18.3 Å². The van der Waals surface area contributed by atoms with Crippen molar-refractivity contribution >= 4 is 39.7 Å². The van der Waals surface area contributed by atoms with Gasteiger partial charge in [0.15, 0.2) is 11.0 Å². The van der Waals surface area contributed by atoms with Crippen molar-refractivity contribution in [2.75, 3.05) is 16.4 Å². The van der Waals surface area contributed by atoms with Gasteiger partial charge in [0.2, 0.25) is 5.91 Å². The Balaban J connectivity index is 1.31. The first-order chi connectivity index (χ1) is 17.6. The monoisotopic (exact) mass is 514 g/mol. The van der Waals surface area contributed by atoms with E-state index < -0.39 is 0 Å². The first-order valence-electron chi connectivity index (χ1n) is 11.9. The van der Waals surface area contributed by atoms with Gasteiger partial charge in [0.25, 0.3) is 0 Å². The highest BCUT2D eigenvalue weighted by atomic mass is 32.2. The molecule has 0 radical (unpaired) electrons. The van der Waals surface area contributed by atoms with E-state index in [0.29, 0.717) is 22.3 Å². The summed E-state index contributed by atoms with van der Waals surface area (Å²) in [4.78, 5) is 14.1. The largest absolute Gasteiger partial charge is 0.378 e. The third-order valence-electron chi connectivity index (χ3n) is 6.05. The first kappa shape index (κ1) is 24.1. The van der Waals surface area contributed by atoms with Gasteiger partial charge in [0, 0.05) is 16.3 Å². The number of amides is 1. The maximum Gasteiger partial charge on any atom is 0.235 e. The number of anilines is 2. The second kappa shape index (κ2) is 11.0. The minimum atomic E-state index is -0.155. The number of nitriles is 1. The number of hydrogen-bond donors (Lipinski definition) is 2. The lowest BCUT2D eigenvalue weighted by molar-refractivity contribution is -0.113. The molecule has 0 saturated carbocycles. The number of thiophene rings is 1. The van der Waals surface area contributed by atoms with Crippen LogP contribution in [-0.2, 0) is 24.2 Å². The van der Waals surface area contributed by atoms with E-state index in [-0.39, 0.29) is 11.7 Å². The lowest BCUT2D eigenvalue weighted by Crippen LogP contribution is -2.15. The summed E-state index contributed by atoms with van der Waals surface area (Å²) >= 11 is 2.87. The van der Waals surface area contributed by atoms with E-state index in [1.54, 1.807) is 11.3 Å². The molecule has 0 aliphatic heterocycles. The molecule has 1 amide bonds. The van der Waals surface area contributed by atoms with E-state index in [9.17, 15) is 10.1 Å². The zero-order valence-corrected chi connectivity index (χ0v) is 21.6. The van der Waals surface area contributed by atoms with Gasteiger partial charge in [-0.15, -0.1) is 21.5 Å². The van der Waals surface area contributed by atoms with Crippen LogP contribution in [0.3, 0.4) is 0 Å². The van der Waals surface area contributed by atoms with Gasteiger partial charge in [0.05, 0.1) is 17.9 Å². The Morgan fingerprint density at radius 3 is 2.78 bits per heavy atom. The van der Waals surface area contributed by atoms with E-state index in [1.165, 1.54) is 22.2 Å². The molecule has 36 heavy (non-hydrogen) atoms. The predicted molar refractivity (Wildman–Crippen MR) is 145 cm³/mol. The Morgan fingerprint density at radius 2 is 1.97 bits per heavy atom. The zero-order chi connectivity index (χ0) is 24.9. The van der Waals surface area contributed by atoms with Crippen molar-refractivity contribution in [1.82, 2.24) is 14.8 Å². The number of thioether (sulfide) groups is 1. The van der Waals surface area contributed by atoms with E-state index in [1.807, 2.05) is 47.0 Å². The molecule has 2 N–H and O–H groups in total. The fraction of sp³-hybridized carbons (Fsp3) is 0.259. The maximum absolute atomic E-state index is 12.9. The van der Waals surface area contributed by atoms with E-state index >= 15 is 0 Å². The van der Waals surface area contributed by atoms with E-state index in [0.717, 1.165) is 48.4 Å². The molecule has 1 aliphatic carbocycles. The van der Waals surface area contributed by atoms with Gasteiger partial charge in [-0.3, -0.25) is 9.36 Å². The van der Waals surface area contributed by atoms with Crippen molar-refractivity contribution in [3.63, 3.8) is 0 Å². The highest BCUT2D eigenvalue weighted by Crippen LogP contribution is 2.37. The Labute approximate surface area is 218 Å². The normalized spacial score (nSPS) is 12.6. The average molecular weight is 515 g/mol. The van der Waals surface area contributed by atoms with Gasteiger partial charge in [0.1, 0.15) is 11.1 Å². The van der Waals surface area contributed by atoms with Crippen molar-refractivity contribution < 1.29 is 4.79 Å². The number of aryl methyl sites for hydroxylation is 2. The molecule has 0 unspecified atom stereocenters. The van der Waals surface area contributed by atoms with E-state index in [4.69, 9.17) is 0 Å². The topological polar surface area (TPSA) is 95.6 Å². The number of nitrogens with one attached hydrogen (secondary N) is 2. The van der Waals surface area contributed by atoms with Gasteiger partial charge in [-0.1, -0.05) is 42.1 Å². The molecule has 0 bridgehead atoms. The lowest BCUT2D eigenvalue weighted by atomic mass is 9.96. The van der Waals surface area contributed by atoms with Crippen molar-refractivity contribution in [3.05, 3.63) is 82.0 Å². The first-order valence-corrected chi connectivity index (χ1v) is 13.7. The third kappa shape index (κ3) is 5.30. The number of benzene rings is 2. The fourth-order valence-corrected chi connectivity index (χ4v) is 6.37. The lowest BCUT2D eigenvalue weighted by Gasteiger charge is -2.12. The molecule has 0 fully saturated rings. The highest BCUT2D eigenvalue weighted by molar-refractivity contribution is 7.99. The minimum Gasteiger partial charge on any atom is -0.378 e. The summed E-state index contributed by atoms with van der Waals surface area (Å²) in [5.74, 6) is 0.768. The molecule has 9 heteroatoms. The number of fused-ring (bicyclic) bond motifs is 1. The van der Waals surface area contributed by atoms with Gasteiger partial charge < -0.3 is 10.6 Å². The summed E-state index contributed by atoms with van der Waals surface area (Å²) in [6.07, 6.45) is 4.13. The molecule has 7 nitrogen and oxygen atoms in total. The summed E-state index contributed by atoms with van der Waals surface area (Å²) in [6, 6.07) is 20.4. The Bertz CT molecular complexity index is 1420. The van der Waals surface area contributed by atoms with Crippen LogP contribution in [0.2, 0.25) is 0 Å². The second-order valence-electron chi connectivity index (χ2n) is 8.66. The number of aromatic nitrogens is 3. The average Bonchev–Trinajstić information content (AvgIpc) is 3.47. The van der Waals surface area contributed by atoms with Crippen molar-refractivity contribution in [2.24, 2.45) is 0 Å². The van der Waals surface area contributed by atoms with Crippen LogP contribution >= 0.6 is 23.1 Å². The van der Waals surface area contributed by atoms with Crippen LogP contribution in [0.4, 0.5) is 10.7 Å². The molecular formula is C27H26N6OS2. The van der Waals surface area contributed by atoms with Gasteiger partial charge >= 0.3 is 0 Å². The van der Waals surface area contributed by atoms with Crippen LogP contribution in [0.5, 0.6) is 0 Å². The molecule has 0 atom stereocenters. The maximum atomic E-state index is 12.9. The molecule has 182 valence electrons. The molecule has 2 aromatic heterocycles. The Hall–Kier alpha value is -3.61. The van der Waals surface area contributed by atoms with Crippen molar-refractivity contribution in [1.29, 1.82) is 5.26 Å². The number of hydrogen-bond acceptors (Lipinski definition) is 7. The van der Waals surface area contributed by atoms with Gasteiger partial charge in [-0.05, 0) is 68.0 Å². The van der Waals surface area contributed by atoms with E-state index in [2.05, 4.69) is 46.0 Å². The molecule has 5 rings (SSSR count). The fourth-order valence-electron chi connectivity index (χ4n) is 4.35. The van der Waals surface area contributed by atoms with Crippen LogP contribution < -0.4 is 10.6 Å². The summed E-state index contributed by atoms with van der Waals surface area (Å²) in [5, 5.41) is 26.2. The smallest absolute Gasteiger partial charge is 0.235 e. The third-order valence-corrected chi connectivity index (χ3v) is 8.19. The number of rotatable bonds is 8. The molecular weight excluding hydrogens is 488 g/mol. The summed E-state index contributed by atoms with van der Waals surface area (Å²) in [6.45, 7) is 2.55. The number of para-hydroxylation sites is 1. The molecule has 2 aromatic carbocycles. The van der Waals surface area contributed by atoms with Gasteiger partial charge in [-0.25, -0.2) is 0 Å². The number of carbonyl (C=O) groups excluding carboxylic acids is 1. The van der Waals surface area contributed by atoms with Crippen LogP contribution in [0.15, 0.2) is 59.8 Å². The molecule has 4 aromatic rings. The highest BCUT2D eigenvalue weighted by Gasteiger charge is 2.22. The number of nitrogens with zero attached hydrogens (tertiary/aromatic N) is 4. The summed E-state index contributed by atoms with van der Waals surface area (Å²) in [5.41, 5.74) is 4.87. The number of carbonyl (C=O) groups is 1. The van der Waals surface area contributed by atoms with Crippen LogP contribution in [0.25, 0.3) is 5.69 Å². The predicted octanol–water partition coefficient (Wildman–Crippen LogP) is 5.73. The SMILES string of the molecule is Cc1cccc(NCc2nnc(SCC(=O)Nc3sc4c(c3C#N)CCCC4)n2-c2ccccc2)c1. The second-order valence-corrected chi connectivity index (χ2v) is 10.7. The molecule has 0 spiro atoms. The van der Waals surface area contributed by atoms with Crippen molar-refractivity contribution in [2.45, 2.75) is 44.3 Å². The quantitative estimate of drug-likeness (QED) is 0.292. The van der Waals surface area contributed by atoms with Crippen LogP contribution in [0.1, 0.15) is 40.2 Å². The minimum absolute atomic E-state index is 0.155. The van der Waals surface area contributed by atoms with Crippen LogP contribution in [-0.4, -0.2) is 26.4 Å². The Morgan fingerprint density at radius 1 is 1.14 bits per heavy atom. The van der Waals surface area contributed by atoms with Gasteiger partial charge in [-0.2, -0.15) is 5.26 Å². The Kier molecular flexibility index (Phi) is 7.35. The standard InChI is InChI=1S/C27H26N6OS2/c1-18-8-7-9-19(14-18)29-16-24-31-32-27(33(24)20-10-3-2-4-11-20)35-17-25(34)30-26-22(15-28)21-12-5-6-13-23(21)36-26/h2-4,7-11,14,29H,5-6,12-13,16-17H2,1H3,(H,30,34).